The third-order valence-corrected chi connectivity index (χ3v) is 4.63. The van der Waals surface area contributed by atoms with Gasteiger partial charge in [0.15, 0.2) is 0 Å². The highest BCUT2D eigenvalue weighted by Gasteiger charge is 2.14. The molecular weight excluding hydrogens is 337 g/mol. The summed E-state index contributed by atoms with van der Waals surface area (Å²) < 4.78 is 18.6. The largest absolute Gasteiger partial charge is 0.467 e. The Morgan fingerprint density at radius 1 is 1.20 bits per heavy atom. The van der Waals surface area contributed by atoms with Crippen molar-refractivity contribution in [2.24, 2.45) is 0 Å². The van der Waals surface area contributed by atoms with E-state index in [1.807, 2.05) is 25.1 Å². The van der Waals surface area contributed by atoms with E-state index in [1.165, 1.54) is 23.1 Å². The highest BCUT2D eigenvalue weighted by Crippen LogP contribution is 2.19. The topological polar surface area (TPSA) is 33.5 Å². The Hall–Kier alpha value is -2.66. The molecule has 3 nitrogen and oxygen atoms in total. The van der Waals surface area contributed by atoms with Gasteiger partial charge in [0.05, 0.1) is 19.4 Å². The molecule has 25 heavy (non-hydrogen) atoms. The van der Waals surface area contributed by atoms with Crippen LogP contribution in [0.25, 0.3) is 6.08 Å². The molecule has 1 aromatic carbocycles. The Morgan fingerprint density at radius 3 is 2.76 bits per heavy atom. The monoisotopic (exact) mass is 355 g/mol. The first-order valence-corrected chi connectivity index (χ1v) is 8.72. The number of carbonyl (C=O) groups excluding carboxylic acids is 1. The molecule has 0 unspecified atom stereocenters. The quantitative estimate of drug-likeness (QED) is 0.581. The molecule has 128 valence electrons. The molecule has 0 atom stereocenters. The lowest BCUT2D eigenvalue weighted by Crippen LogP contribution is -2.28. The molecule has 0 spiro atoms. The van der Waals surface area contributed by atoms with Crippen LogP contribution in [0.1, 0.15) is 21.1 Å². The number of aryl methyl sites for hydroxylation is 1. The first kappa shape index (κ1) is 17.2. The van der Waals surface area contributed by atoms with Crippen LogP contribution in [0.15, 0.2) is 65.3 Å². The zero-order chi connectivity index (χ0) is 17.6. The van der Waals surface area contributed by atoms with E-state index in [9.17, 15) is 9.18 Å². The smallest absolute Gasteiger partial charge is 0.247 e. The number of rotatable bonds is 6. The fourth-order valence-electron chi connectivity index (χ4n) is 2.44. The summed E-state index contributed by atoms with van der Waals surface area (Å²) in [5, 5.41) is 0. The van der Waals surface area contributed by atoms with Crippen LogP contribution in [0.4, 0.5) is 4.39 Å². The molecule has 0 bridgehead atoms. The molecule has 2 heterocycles. The fraction of sp³-hybridized carbons (Fsp3) is 0.150. The zero-order valence-electron chi connectivity index (χ0n) is 13.8. The molecule has 1 amide bonds. The molecule has 3 rings (SSSR count). The van der Waals surface area contributed by atoms with Gasteiger partial charge in [-0.25, -0.2) is 4.39 Å². The molecule has 0 aliphatic rings. The standard InChI is InChI=1S/C20H18FNO2S/c1-15-7-9-19(25-15)14-22(13-18-6-3-11-24-18)20(23)10-8-16-4-2-5-17(21)12-16/h2-12H,13-14H2,1H3/b10-8+. The van der Waals surface area contributed by atoms with Crippen molar-refractivity contribution in [3.8, 4) is 0 Å². The van der Waals surface area contributed by atoms with Crippen molar-refractivity contribution in [2.75, 3.05) is 0 Å². The Kier molecular flexibility index (Phi) is 5.46. The first-order chi connectivity index (χ1) is 12.1. The van der Waals surface area contributed by atoms with Gasteiger partial charge in [0.1, 0.15) is 11.6 Å². The maximum atomic E-state index is 13.3. The van der Waals surface area contributed by atoms with Gasteiger partial charge in [0.25, 0.3) is 0 Å². The SMILES string of the molecule is Cc1ccc(CN(Cc2ccco2)C(=O)/C=C/c2cccc(F)c2)s1. The summed E-state index contributed by atoms with van der Waals surface area (Å²) in [6.07, 6.45) is 4.69. The van der Waals surface area contributed by atoms with Crippen LogP contribution in [0, 0.1) is 12.7 Å². The Balaban J connectivity index is 1.76. The van der Waals surface area contributed by atoms with Crippen molar-refractivity contribution in [3.63, 3.8) is 0 Å². The molecule has 0 aliphatic heterocycles. The second-order valence-electron chi connectivity index (χ2n) is 5.67. The van der Waals surface area contributed by atoms with Crippen molar-refractivity contribution in [3.05, 3.63) is 87.8 Å². The predicted molar refractivity (Wildman–Crippen MR) is 97.5 cm³/mol. The maximum Gasteiger partial charge on any atom is 0.247 e. The number of halogens is 1. The lowest BCUT2D eigenvalue weighted by Gasteiger charge is -2.19. The van der Waals surface area contributed by atoms with E-state index in [4.69, 9.17) is 4.42 Å². The second kappa shape index (κ2) is 7.94. The van der Waals surface area contributed by atoms with E-state index in [1.54, 1.807) is 46.8 Å². The summed E-state index contributed by atoms with van der Waals surface area (Å²) in [5.74, 6) is 0.253. The van der Waals surface area contributed by atoms with Gasteiger partial charge >= 0.3 is 0 Å². The van der Waals surface area contributed by atoms with Crippen LogP contribution in [0.2, 0.25) is 0 Å². The van der Waals surface area contributed by atoms with Crippen LogP contribution >= 0.6 is 11.3 Å². The van der Waals surface area contributed by atoms with E-state index >= 15 is 0 Å². The summed E-state index contributed by atoms with van der Waals surface area (Å²) in [6, 6.07) is 13.9. The van der Waals surface area contributed by atoms with Gasteiger partial charge in [0.2, 0.25) is 5.91 Å². The molecule has 0 N–H and O–H groups in total. The van der Waals surface area contributed by atoms with Gasteiger partial charge in [-0.2, -0.15) is 0 Å². The molecule has 0 saturated carbocycles. The lowest BCUT2D eigenvalue weighted by atomic mass is 10.2. The Morgan fingerprint density at radius 2 is 2.08 bits per heavy atom. The fourth-order valence-corrected chi connectivity index (χ4v) is 3.35. The van der Waals surface area contributed by atoms with Crippen LogP contribution in [0.3, 0.4) is 0 Å². The van der Waals surface area contributed by atoms with Crippen LogP contribution < -0.4 is 0 Å². The van der Waals surface area contributed by atoms with Gasteiger partial charge in [-0.1, -0.05) is 12.1 Å². The van der Waals surface area contributed by atoms with E-state index in [2.05, 4.69) is 0 Å². The second-order valence-corrected chi connectivity index (χ2v) is 7.05. The first-order valence-electron chi connectivity index (χ1n) is 7.90. The summed E-state index contributed by atoms with van der Waals surface area (Å²) in [5.41, 5.74) is 0.651. The molecule has 2 aromatic heterocycles. The minimum atomic E-state index is -0.323. The molecule has 0 aliphatic carbocycles. The van der Waals surface area contributed by atoms with Crippen molar-refractivity contribution >= 4 is 23.3 Å². The van der Waals surface area contributed by atoms with E-state index < -0.39 is 0 Å². The number of benzene rings is 1. The van der Waals surface area contributed by atoms with Crippen LogP contribution in [0.5, 0.6) is 0 Å². The molecule has 0 fully saturated rings. The number of furan rings is 1. The van der Waals surface area contributed by atoms with E-state index in [0.717, 1.165) is 10.6 Å². The summed E-state index contributed by atoms with van der Waals surface area (Å²) in [6.45, 7) is 2.93. The zero-order valence-corrected chi connectivity index (χ0v) is 14.6. The minimum absolute atomic E-state index is 0.147. The summed E-state index contributed by atoms with van der Waals surface area (Å²) in [4.78, 5) is 16.7. The molecule has 3 aromatic rings. The number of thiophene rings is 1. The average Bonchev–Trinajstić information content (AvgIpc) is 3.24. The molecule has 5 heteroatoms. The van der Waals surface area contributed by atoms with E-state index in [-0.39, 0.29) is 11.7 Å². The van der Waals surface area contributed by atoms with Gasteiger partial charge < -0.3 is 9.32 Å². The van der Waals surface area contributed by atoms with E-state index in [0.29, 0.717) is 18.7 Å². The number of carbonyl (C=O) groups is 1. The van der Waals surface area contributed by atoms with Crippen molar-refractivity contribution in [1.29, 1.82) is 0 Å². The lowest BCUT2D eigenvalue weighted by molar-refractivity contribution is -0.127. The van der Waals surface area contributed by atoms with Gasteiger partial charge in [-0.05, 0) is 55.0 Å². The Bertz CT molecular complexity index is 867. The number of nitrogens with zero attached hydrogens (tertiary/aromatic N) is 1. The molecule has 0 saturated heterocycles. The number of hydrogen-bond acceptors (Lipinski definition) is 3. The van der Waals surface area contributed by atoms with Crippen LogP contribution in [-0.4, -0.2) is 10.8 Å². The highest BCUT2D eigenvalue weighted by atomic mass is 32.1. The number of hydrogen-bond donors (Lipinski definition) is 0. The highest BCUT2D eigenvalue weighted by molar-refractivity contribution is 7.11. The van der Waals surface area contributed by atoms with Crippen molar-refractivity contribution in [1.82, 2.24) is 4.90 Å². The van der Waals surface area contributed by atoms with Crippen molar-refractivity contribution in [2.45, 2.75) is 20.0 Å². The normalized spacial score (nSPS) is 11.1. The average molecular weight is 355 g/mol. The van der Waals surface area contributed by atoms with Crippen molar-refractivity contribution < 1.29 is 13.6 Å². The number of amides is 1. The molecule has 0 radical (unpaired) electrons. The van der Waals surface area contributed by atoms with Gasteiger partial charge in [-0.3, -0.25) is 4.79 Å². The maximum absolute atomic E-state index is 13.3. The Labute approximate surface area is 150 Å². The minimum Gasteiger partial charge on any atom is -0.467 e. The predicted octanol–water partition coefficient (Wildman–Crippen LogP) is 5.03. The van der Waals surface area contributed by atoms with Gasteiger partial charge in [0, 0.05) is 15.8 Å². The third kappa shape index (κ3) is 4.90. The summed E-state index contributed by atoms with van der Waals surface area (Å²) >= 11 is 1.66. The molecular formula is C20H18FNO2S. The third-order valence-electron chi connectivity index (χ3n) is 3.65. The van der Waals surface area contributed by atoms with Gasteiger partial charge in [-0.15, -0.1) is 11.3 Å². The summed E-state index contributed by atoms with van der Waals surface area (Å²) in [7, 11) is 0. The van der Waals surface area contributed by atoms with Crippen LogP contribution in [-0.2, 0) is 17.9 Å².